The molecule has 0 bridgehead atoms. The molecule has 7 nitrogen and oxygen atoms in total. The number of nitrogens with one attached hydrogen (secondary N) is 2. The molecular weight excluding hydrogens is 483 g/mol. The van der Waals surface area contributed by atoms with Crippen molar-refractivity contribution in [1.82, 2.24) is 25.2 Å². The number of nitrogens with zero attached hydrogens (tertiary/aromatic N) is 4. The van der Waals surface area contributed by atoms with Crippen LogP contribution in [0.2, 0.25) is 5.02 Å². The average molecular weight is 503 g/mol. The fraction of sp³-hybridized carbons (Fsp3) is 0.273. The monoisotopic (exact) mass is 502 g/mol. The SMILES string of the molecule is O=C(NC1CCN(Cc2cncs2)CC1)c1cc2c(Nc3ccc(F)c(Cl)c3)ncnc2s1. The third-order valence-electron chi connectivity index (χ3n) is 5.52. The first-order valence-electron chi connectivity index (χ1n) is 10.4. The van der Waals surface area contributed by atoms with E-state index in [9.17, 15) is 9.18 Å². The molecule has 1 saturated heterocycles. The van der Waals surface area contributed by atoms with Crippen LogP contribution in [0.5, 0.6) is 0 Å². The van der Waals surface area contributed by atoms with Gasteiger partial charge in [0.2, 0.25) is 0 Å². The van der Waals surface area contributed by atoms with Crippen LogP contribution in [0.3, 0.4) is 0 Å². The number of hydrogen-bond acceptors (Lipinski definition) is 8. The molecule has 4 heterocycles. The molecule has 0 aliphatic carbocycles. The van der Waals surface area contributed by atoms with E-state index in [2.05, 4.69) is 30.5 Å². The Morgan fingerprint density at radius 3 is 2.85 bits per heavy atom. The first kappa shape index (κ1) is 22.1. The Kier molecular flexibility index (Phi) is 6.50. The van der Waals surface area contributed by atoms with E-state index in [1.807, 2.05) is 11.7 Å². The molecule has 1 aliphatic rings. The summed E-state index contributed by atoms with van der Waals surface area (Å²) in [5.74, 6) is -0.0528. The fourth-order valence-corrected chi connectivity index (χ4v) is 5.53. The Morgan fingerprint density at radius 2 is 2.09 bits per heavy atom. The molecule has 1 fully saturated rings. The van der Waals surface area contributed by atoms with E-state index in [1.165, 1.54) is 34.7 Å². The van der Waals surface area contributed by atoms with Crippen molar-refractivity contribution >= 4 is 61.9 Å². The van der Waals surface area contributed by atoms with E-state index in [1.54, 1.807) is 23.5 Å². The van der Waals surface area contributed by atoms with Crippen LogP contribution < -0.4 is 10.6 Å². The van der Waals surface area contributed by atoms with Crippen molar-refractivity contribution in [2.75, 3.05) is 18.4 Å². The number of fused-ring (bicyclic) bond motifs is 1. The maximum absolute atomic E-state index is 13.4. The lowest BCUT2D eigenvalue weighted by atomic mass is 10.0. The lowest BCUT2D eigenvalue weighted by Gasteiger charge is -2.31. The van der Waals surface area contributed by atoms with Crippen LogP contribution in [0.1, 0.15) is 27.4 Å². The molecule has 0 atom stereocenters. The van der Waals surface area contributed by atoms with Gasteiger partial charge in [0, 0.05) is 42.4 Å². The number of likely N-dealkylation sites (tertiary alicyclic amines) is 1. The maximum Gasteiger partial charge on any atom is 0.261 e. The second-order valence-corrected chi connectivity index (χ2v) is 10.2. The molecule has 11 heteroatoms. The minimum Gasteiger partial charge on any atom is -0.349 e. The van der Waals surface area contributed by atoms with Gasteiger partial charge in [-0.1, -0.05) is 11.6 Å². The predicted octanol–water partition coefficient (Wildman–Crippen LogP) is 5.08. The smallest absolute Gasteiger partial charge is 0.261 e. The third-order valence-corrected chi connectivity index (χ3v) is 7.62. The van der Waals surface area contributed by atoms with Crippen LogP contribution in [0.25, 0.3) is 10.2 Å². The minimum atomic E-state index is -0.487. The molecule has 0 unspecified atom stereocenters. The highest BCUT2D eigenvalue weighted by Crippen LogP contribution is 2.31. The summed E-state index contributed by atoms with van der Waals surface area (Å²) in [6.45, 7) is 2.79. The van der Waals surface area contributed by atoms with Gasteiger partial charge >= 0.3 is 0 Å². The Balaban J connectivity index is 1.24. The zero-order valence-corrected chi connectivity index (χ0v) is 19.8. The van der Waals surface area contributed by atoms with E-state index in [0.29, 0.717) is 21.2 Å². The number of carbonyl (C=O) groups is 1. The van der Waals surface area contributed by atoms with Crippen LogP contribution in [0.4, 0.5) is 15.9 Å². The van der Waals surface area contributed by atoms with Gasteiger partial charge in [-0.15, -0.1) is 22.7 Å². The summed E-state index contributed by atoms with van der Waals surface area (Å²) in [5, 5.41) is 7.05. The molecule has 1 aliphatic heterocycles. The number of thiophene rings is 1. The molecule has 4 aromatic rings. The van der Waals surface area contributed by atoms with Gasteiger partial charge in [-0.25, -0.2) is 14.4 Å². The highest BCUT2D eigenvalue weighted by Gasteiger charge is 2.23. The van der Waals surface area contributed by atoms with Crippen molar-refractivity contribution in [3.05, 3.63) is 62.9 Å². The molecule has 0 saturated carbocycles. The molecule has 2 N–H and O–H groups in total. The normalized spacial score (nSPS) is 15.1. The summed E-state index contributed by atoms with van der Waals surface area (Å²) >= 11 is 8.87. The molecule has 0 spiro atoms. The first-order chi connectivity index (χ1) is 16.0. The Morgan fingerprint density at radius 1 is 1.24 bits per heavy atom. The Hall–Kier alpha value is -2.66. The van der Waals surface area contributed by atoms with Crippen molar-refractivity contribution in [2.24, 2.45) is 0 Å². The second kappa shape index (κ2) is 9.68. The largest absolute Gasteiger partial charge is 0.349 e. The van der Waals surface area contributed by atoms with Gasteiger partial charge in [0.05, 0.1) is 20.8 Å². The number of aromatic nitrogens is 3. The summed E-state index contributed by atoms with van der Waals surface area (Å²) in [4.78, 5) is 30.6. The standard InChI is InChI=1S/C22H20ClFN6OS2/c23-17-7-14(1-2-18(17)24)28-20-16-8-19(33-22(16)27-11-26-20)21(31)29-13-3-5-30(6-4-13)10-15-9-25-12-32-15/h1-2,7-9,11-13H,3-6,10H2,(H,29,31)(H,26,27,28). The van der Waals surface area contributed by atoms with E-state index in [0.717, 1.165) is 37.9 Å². The lowest BCUT2D eigenvalue weighted by molar-refractivity contribution is 0.0913. The Labute approximate surface area is 202 Å². The summed E-state index contributed by atoms with van der Waals surface area (Å²) in [7, 11) is 0. The van der Waals surface area contributed by atoms with Gasteiger partial charge in [0.15, 0.2) is 0 Å². The number of piperidine rings is 1. The maximum atomic E-state index is 13.4. The summed E-state index contributed by atoms with van der Waals surface area (Å²) in [5.41, 5.74) is 2.46. The van der Waals surface area contributed by atoms with Crippen LogP contribution in [-0.2, 0) is 6.54 Å². The van der Waals surface area contributed by atoms with Crippen LogP contribution in [0, 0.1) is 5.82 Å². The van der Waals surface area contributed by atoms with E-state index in [4.69, 9.17) is 11.6 Å². The summed E-state index contributed by atoms with van der Waals surface area (Å²) in [6.07, 6.45) is 5.17. The van der Waals surface area contributed by atoms with E-state index < -0.39 is 5.82 Å². The molecule has 3 aromatic heterocycles. The molecule has 5 rings (SSSR count). The first-order valence-corrected chi connectivity index (χ1v) is 12.5. The molecule has 33 heavy (non-hydrogen) atoms. The molecule has 1 aromatic carbocycles. The zero-order chi connectivity index (χ0) is 22.8. The van der Waals surface area contributed by atoms with Gasteiger partial charge in [-0.2, -0.15) is 0 Å². The van der Waals surface area contributed by atoms with E-state index >= 15 is 0 Å². The molecule has 1 amide bonds. The van der Waals surface area contributed by atoms with Gasteiger partial charge in [-0.3, -0.25) is 14.7 Å². The lowest BCUT2D eigenvalue weighted by Crippen LogP contribution is -2.44. The number of thiazole rings is 1. The quantitative estimate of drug-likeness (QED) is 0.382. The molecular formula is C22H20ClFN6OS2. The van der Waals surface area contributed by atoms with Crippen LogP contribution in [0.15, 0.2) is 42.3 Å². The second-order valence-electron chi connectivity index (χ2n) is 7.80. The minimum absolute atomic E-state index is 0.0220. The van der Waals surface area contributed by atoms with Gasteiger partial charge < -0.3 is 10.6 Å². The van der Waals surface area contributed by atoms with Crippen molar-refractivity contribution in [3.8, 4) is 0 Å². The number of carbonyl (C=O) groups excluding carboxylic acids is 1. The van der Waals surface area contributed by atoms with Gasteiger partial charge in [0.25, 0.3) is 5.91 Å². The van der Waals surface area contributed by atoms with Gasteiger partial charge in [0.1, 0.15) is 22.8 Å². The van der Waals surface area contributed by atoms with Crippen molar-refractivity contribution in [3.63, 3.8) is 0 Å². The fourth-order valence-electron chi connectivity index (χ4n) is 3.81. The van der Waals surface area contributed by atoms with Crippen molar-refractivity contribution in [2.45, 2.75) is 25.4 Å². The van der Waals surface area contributed by atoms with Gasteiger partial charge in [-0.05, 0) is 37.1 Å². The predicted molar refractivity (Wildman–Crippen MR) is 130 cm³/mol. The van der Waals surface area contributed by atoms with Crippen molar-refractivity contribution in [1.29, 1.82) is 0 Å². The van der Waals surface area contributed by atoms with Crippen LogP contribution >= 0.6 is 34.3 Å². The number of anilines is 2. The van der Waals surface area contributed by atoms with Crippen molar-refractivity contribution < 1.29 is 9.18 Å². The molecule has 0 radical (unpaired) electrons. The summed E-state index contributed by atoms with van der Waals surface area (Å²) in [6, 6.07) is 6.30. The molecule has 170 valence electrons. The van der Waals surface area contributed by atoms with E-state index in [-0.39, 0.29) is 17.0 Å². The number of benzene rings is 1. The average Bonchev–Trinajstić information content (AvgIpc) is 3.48. The number of amides is 1. The van der Waals surface area contributed by atoms with Crippen LogP contribution in [-0.4, -0.2) is 44.9 Å². The Bertz CT molecular complexity index is 1270. The number of hydrogen-bond donors (Lipinski definition) is 2. The number of halogens is 2. The highest BCUT2D eigenvalue weighted by atomic mass is 35.5. The summed E-state index contributed by atoms with van der Waals surface area (Å²) < 4.78 is 13.4. The highest BCUT2D eigenvalue weighted by molar-refractivity contribution is 7.20. The zero-order valence-electron chi connectivity index (χ0n) is 17.4. The number of rotatable bonds is 6. The topological polar surface area (TPSA) is 83.0 Å². The third kappa shape index (κ3) is 5.14.